The van der Waals surface area contributed by atoms with E-state index in [1.807, 2.05) is 36.4 Å². The molecule has 1 N–H and O–H groups in total. The van der Waals surface area contributed by atoms with Crippen molar-refractivity contribution in [1.29, 1.82) is 0 Å². The Bertz CT molecular complexity index is 1880. The second-order valence-electron chi connectivity index (χ2n) is 9.23. The number of nitrogens with one attached hydrogen (secondary N) is 1. The van der Waals surface area contributed by atoms with Crippen LogP contribution in [-0.4, -0.2) is 53.0 Å². The number of benzene rings is 1. The lowest BCUT2D eigenvalue weighted by atomic mass is 10.1. The van der Waals surface area contributed by atoms with Crippen LogP contribution in [0.4, 0.5) is 5.82 Å². The molecule has 39 heavy (non-hydrogen) atoms. The average Bonchev–Trinajstić information content (AvgIpc) is 3.72. The van der Waals surface area contributed by atoms with Crippen LogP contribution < -0.4 is 15.2 Å². The van der Waals surface area contributed by atoms with Crippen molar-refractivity contribution in [3.05, 3.63) is 88.5 Å². The van der Waals surface area contributed by atoms with Gasteiger partial charge in [-0.1, -0.05) is 29.8 Å². The number of aromatic amines is 1. The van der Waals surface area contributed by atoms with Crippen LogP contribution in [0.3, 0.4) is 0 Å². The van der Waals surface area contributed by atoms with E-state index in [9.17, 15) is 4.79 Å². The number of aromatic nitrogens is 8. The zero-order valence-electron chi connectivity index (χ0n) is 20.8. The Hall–Kier alpha value is -4.77. The van der Waals surface area contributed by atoms with Crippen LogP contribution in [-0.2, 0) is 0 Å². The van der Waals surface area contributed by atoms with Crippen molar-refractivity contribution in [1.82, 2.24) is 39.3 Å². The minimum absolute atomic E-state index is 0.228. The van der Waals surface area contributed by atoms with Gasteiger partial charge >= 0.3 is 0 Å². The lowest BCUT2D eigenvalue weighted by Gasteiger charge is -2.27. The van der Waals surface area contributed by atoms with Crippen molar-refractivity contribution in [2.24, 2.45) is 0 Å². The molecule has 0 spiro atoms. The number of H-pyrrole nitrogens is 1. The van der Waals surface area contributed by atoms with Gasteiger partial charge in [0, 0.05) is 30.6 Å². The molecular formula is C27H22ClN9O2. The van der Waals surface area contributed by atoms with E-state index >= 15 is 0 Å². The summed E-state index contributed by atoms with van der Waals surface area (Å²) in [5, 5.41) is 13.6. The molecule has 1 aliphatic rings. The number of nitrogens with zero attached hydrogens (tertiary/aromatic N) is 8. The highest BCUT2D eigenvalue weighted by molar-refractivity contribution is 6.33. The number of methoxy groups -OCH3 is 1. The van der Waals surface area contributed by atoms with Crippen LogP contribution >= 0.6 is 11.6 Å². The minimum atomic E-state index is -0.238. The van der Waals surface area contributed by atoms with Gasteiger partial charge in [0.1, 0.15) is 17.7 Å². The quantitative estimate of drug-likeness (QED) is 0.346. The fraction of sp³-hybridized carbons (Fsp3) is 0.185. The van der Waals surface area contributed by atoms with E-state index in [0.717, 1.165) is 41.7 Å². The second-order valence-corrected chi connectivity index (χ2v) is 9.63. The van der Waals surface area contributed by atoms with Crippen LogP contribution in [0, 0.1) is 0 Å². The zero-order chi connectivity index (χ0) is 26.5. The van der Waals surface area contributed by atoms with Gasteiger partial charge in [0.2, 0.25) is 5.88 Å². The summed E-state index contributed by atoms with van der Waals surface area (Å²) < 4.78 is 8.44. The van der Waals surface area contributed by atoms with E-state index in [4.69, 9.17) is 26.4 Å². The van der Waals surface area contributed by atoms with E-state index in [2.05, 4.69) is 25.1 Å². The average molecular weight is 540 g/mol. The smallest absolute Gasteiger partial charge is 0.284 e. The fourth-order valence-electron chi connectivity index (χ4n) is 5.29. The Morgan fingerprint density at radius 1 is 1.08 bits per heavy atom. The molecule has 11 nitrogen and oxygen atoms in total. The van der Waals surface area contributed by atoms with Gasteiger partial charge in [-0.05, 0) is 37.1 Å². The number of anilines is 1. The molecule has 0 radical (unpaired) electrons. The third-order valence-electron chi connectivity index (χ3n) is 7.06. The molecule has 0 bridgehead atoms. The molecule has 1 aliphatic heterocycles. The number of hydrogen-bond donors (Lipinski definition) is 1. The maximum Gasteiger partial charge on any atom is 0.284 e. The first-order valence-electron chi connectivity index (χ1n) is 12.5. The Balaban J connectivity index is 1.42. The number of rotatable bonds is 5. The lowest BCUT2D eigenvalue weighted by Crippen LogP contribution is -2.33. The van der Waals surface area contributed by atoms with Crippen LogP contribution in [0.1, 0.15) is 24.7 Å². The molecule has 0 aliphatic carbocycles. The second kappa shape index (κ2) is 9.21. The summed E-state index contributed by atoms with van der Waals surface area (Å²) in [7, 11) is 1.58. The van der Waals surface area contributed by atoms with E-state index in [0.29, 0.717) is 33.7 Å². The van der Waals surface area contributed by atoms with Crippen LogP contribution in [0.2, 0.25) is 5.02 Å². The monoisotopic (exact) mass is 539 g/mol. The molecular weight excluding hydrogens is 518 g/mol. The van der Waals surface area contributed by atoms with Crippen molar-refractivity contribution in [2.45, 2.75) is 18.9 Å². The molecule has 5 aromatic heterocycles. The van der Waals surface area contributed by atoms with E-state index < -0.39 is 0 Å². The molecule has 1 saturated heterocycles. The van der Waals surface area contributed by atoms with Gasteiger partial charge in [-0.3, -0.25) is 14.5 Å². The third-order valence-corrected chi connectivity index (χ3v) is 7.37. The van der Waals surface area contributed by atoms with Crippen LogP contribution in [0.15, 0.2) is 72.0 Å². The van der Waals surface area contributed by atoms with Crippen molar-refractivity contribution in [3.63, 3.8) is 0 Å². The predicted octanol–water partition coefficient (Wildman–Crippen LogP) is 4.22. The normalized spacial score (nSPS) is 15.4. The van der Waals surface area contributed by atoms with Gasteiger partial charge in [0.25, 0.3) is 5.56 Å². The number of halogens is 1. The van der Waals surface area contributed by atoms with Gasteiger partial charge in [0.05, 0.1) is 34.9 Å². The molecule has 12 heteroatoms. The summed E-state index contributed by atoms with van der Waals surface area (Å²) in [6.07, 6.45) is 6.62. The fourth-order valence-corrected chi connectivity index (χ4v) is 5.52. The molecule has 0 unspecified atom stereocenters. The van der Waals surface area contributed by atoms with E-state index in [-0.39, 0.29) is 11.6 Å². The van der Waals surface area contributed by atoms with Crippen LogP contribution in [0.25, 0.3) is 33.5 Å². The zero-order valence-corrected chi connectivity index (χ0v) is 21.6. The summed E-state index contributed by atoms with van der Waals surface area (Å²) in [5.41, 5.74) is 2.95. The van der Waals surface area contributed by atoms with Gasteiger partial charge in [-0.2, -0.15) is 10.2 Å². The molecule has 1 aromatic carbocycles. The summed E-state index contributed by atoms with van der Waals surface area (Å²) in [6, 6.07) is 14.7. The standard InChI is InChI=1S/C27H22ClN9O2/c1-39-20-10-9-16(14-29-20)22-21-24(33-32-22)30-15-31-26(21)35-12-5-8-19(35)25-34-36-13-11-18(28)23(36)27(38)37(25)17-6-3-2-4-7-17/h2-4,6-7,9-11,13-15,19H,5,8,12H2,1H3,(H,30,31,32,33)/t19-/m0/s1. The number of fused-ring (bicyclic) bond motifs is 2. The van der Waals surface area contributed by atoms with Gasteiger partial charge in [-0.25, -0.2) is 19.5 Å². The SMILES string of the molecule is COc1ccc(-c2[nH]nc3ncnc(N4CCC[C@H]4c4nn5ccc(Cl)c5c(=O)n4-c4ccccc4)c23)cn1. The van der Waals surface area contributed by atoms with Crippen molar-refractivity contribution in [3.8, 4) is 22.8 Å². The Kier molecular flexibility index (Phi) is 5.51. The highest BCUT2D eigenvalue weighted by Crippen LogP contribution is 2.40. The molecule has 1 fully saturated rings. The third kappa shape index (κ3) is 3.73. The van der Waals surface area contributed by atoms with Gasteiger partial charge < -0.3 is 9.64 Å². The Labute approximate surface area is 226 Å². The Morgan fingerprint density at radius 2 is 1.95 bits per heavy atom. The number of hydrogen-bond acceptors (Lipinski definition) is 8. The molecule has 194 valence electrons. The van der Waals surface area contributed by atoms with Crippen molar-refractivity contribution < 1.29 is 4.74 Å². The molecule has 0 amide bonds. The molecule has 0 saturated carbocycles. The van der Waals surface area contributed by atoms with Crippen molar-refractivity contribution in [2.75, 3.05) is 18.6 Å². The first-order valence-corrected chi connectivity index (χ1v) is 12.8. The topological polar surface area (TPSA) is 119 Å². The van der Waals surface area contributed by atoms with E-state index in [1.54, 1.807) is 40.7 Å². The summed E-state index contributed by atoms with van der Waals surface area (Å²) in [5.74, 6) is 1.83. The minimum Gasteiger partial charge on any atom is -0.481 e. The maximum atomic E-state index is 13.8. The van der Waals surface area contributed by atoms with Gasteiger partial charge in [-0.15, -0.1) is 0 Å². The summed E-state index contributed by atoms with van der Waals surface area (Å²) in [6.45, 7) is 0.720. The first-order chi connectivity index (χ1) is 19.1. The van der Waals surface area contributed by atoms with Crippen molar-refractivity contribution >= 4 is 34.0 Å². The molecule has 7 rings (SSSR count). The lowest BCUT2D eigenvalue weighted by molar-refractivity contribution is 0.398. The van der Waals surface area contributed by atoms with E-state index in [1.165, 1.54) is 6.33 Å². The molecule has 1 atom stereocenters. The number of ether oxygens (including phenoxy) is 1. The number of para-hydroxylation sites is 1. The summed E-state index contributed by atoms with van der Waals surface area (Å²) in [4.78, 5) is 29.5. The largest absolute Gasteiger partial charge is 0.481 e. The summed E-state index contributed by atoms with van der Waals surface area (Å²) >= 11 is 6.40. The molecule has 6 aromatic rings. The van der Waals surface area contributed by atoms with Gasteiger partial charge in [0.15, 0.2) is 11.5 Å². The maximum absolute atomic E-state index is 13.8. The first kappa shape index (κ1) is 23.4. The molecule has 6 heterocycles. The van der Waals surface area contributed by atoms with Crippen LogP contribution in [0.5, 0.6) is 5.88 Å². The predicted molar refractivity (Wildman–Crippen MR) is 147 cm³/mol. The number of pyridine rings is 1. The Morgan fingerprint density at radius 3 is 2.74 bits per heavy atom. The highest BCUT2D eigenvalue weighted by Gasteiger charge is 2.34. The highest BCUT2D eigenvalue weighted by atomic mass is 35.5.